The molecule has 1 aromatic heterocycles. The van der Waals surface area contributed by atoms with Crippen LogP contribution in [0.5, 0.6) is 5.75 Å². The van der Waals surface area contributed by atoms with Crippen molar-refractivity contribution in [2.45, 2.75) is 51.5 Å². The van der Waals surface area contributed by atoms with Crippen LogP contribution in [0.4, 0.5) is 5.82 Å². The summed E-state index contributed by atoms with van der Waals surface area (Å²) in [6.07, 6.45) is 7.09. The Hall–Kier alpha value is -2.67. The van der Waals surface area contributed by atoms with Crippen LogP contribution < -0.4 is 9.64 Å². The van der Waals surface area contributed by atoms with Crippen molar-refractivity contribution in [1.29, 1.82) is 0 Å². The van der Waals surface area contributed by atoms with Crippen molar-refractivity contribution in [3.8, 4) is 5.75 Å². The zero-order valence-electron chi connectivity index (χ0n) is 19.6. The maximum atomic E-state index is 13.3. The number of hydrogen-bond donors (Lipinski definition) is 0. The number of para-hydroxylation sites is 1. The maximum absolute atomic E-state index is 13.3. The van der Waals surface area contributed by atoms with Gasteiger partial charge in [-0.1, -0.05) is 37.5 Å². The van der Waals surface area contributed by atoms with E-state index in [-0.39, 0.29) is 5.92 Å². The summed E-state index contributed by atoms with van der Waals surface area (Å²) in [5.41, 5.74) is 3.29. The molecule has 2 fully saturated rings. The minimum atomic E-state index is 0.192. The van der Waals surface area contributed by atoms with Gasteiger partial charge >= 0.3 is 0 Å². The first-order valence-electron chi connectivity index (χ1n) is 12.3. The van der Waals surface area contributed by atoms with Gasteiger partial charge in [-0.15, -0.1) is 0 Å². The second-order valence-electron chi connectivity index (χ2n) is 9.32. The van der Waals surface area contributed by atoms with E-state index in [1.807, 2.05) is 18.2 Å². The van der Waals surface area contributed by atoms with Gasteiger partial charge in [-0.25, -0.2) is 9.97 Å². The standard InChI is InChI=1S/C26H34N4O3/c1-32-23-10-6-5-9-20(23)17-24-27-22-11-12-30(26(31)19-7-3-2-4-8-19)18-21(22)25(28-24)29-13-15-33-16-14-29/h5-6,9-10,19H,2-4,7-8,11-18H2,1H3. The molecule has 0 bridgehead atoms. The third-order valence-corrected chi connectivity index (χ3v) is 7.20. The van der Waals surface area contributed by atoms with E-state index in [1.165, 1.54) is 19.3 Å². The highest BCUT2D eigenvalue weighted by Gasteiger charge is 2.32. The van der Waals surface area contributed by atoms with Gasteiger partial charge in [0.15, 0.2) is 0 Å². The number of fused-ring (bicyclic) bond motifs is 1. The molecule has 2 aromatic rings. The van der Waals surface area contributed by atoms with Gasteiger partial charge in [0.2, 0.25) is 5.91 Å². The molecule has 3 heterocycles. The van der Waals surface area contributed by atoms with Crippen LogP contribution >= 0.6 is 0 Å². The van der Waals surface area contributed by atoms with Crippen LogP contribution in [0.2, 0.25) is 0 Å². The normalized spacial score (nSPS) is 19.3. The Balaban J connectivity index is 1.44. The van der Waals surface area contributed by atoms with Crippen molar-refractivity contribution in [3.63, 3.8) is 0 Å². The molecule has 0 N–H and O–H groups in total. The predicted molar refractivity (Wildman–Crippen MR) is 127 cm³/mol. The fourth-order valence-corrected chi connectivity index (χ4v) is 5.38. The smallest absolute Gasteiger partial charge is 0.225 e. The van der Waals surface area contributed by atoms with Crippen molar-refractivity contribution >= 4 is 11.7 Å². The molecule has 0 spiro atoms. The number of ether oxygens (including phenoxy) is 2. The molecule has 1 saturated heterocycles. The van der Waals surface area contributed by atoms with Gasteiger partial charge in [-0.2, -0.15) is 0 Å². The zero-order valence-corrected chi connectivity index (χ0v) is 19.6. The number of rotatable bonds is 5. The van der Waals surface area contributed by atoms with E-state index in [0.717, 1.165) is 73.1 Å². The molecular weight excluding hydrogens is 416 g/mol. The van der Waals surface area contributed by atoms with Crippen LogP contribution in [0.15, 0.2) is 24.3 Å². The predicted octanol–water partition coefficient (Wildman–Crippen LogP) is 3.38. The quantitative estimate of drug-likeness (QED) is 0.696. The first kappa shape index (κ1) is 22.1. The molecule has 0 atom stereocenters. The fraction of sp³-hybridized carbons (Fsp3) is 0.577. The Kier molecular flexibility index (Phi) is 6.76. The number of carbonyl (C=O) groups excluding carboxylic acids is 1. The van der Waals surface area contributed by atoms with Crippen LogP contribution in [0.1, 0.15) is 54.7 Å². The van der Waals surface area contributed by atoms with Crippen LogP contribution in [-0.4, -0.2) is 60.7 Å². The molecule has 1 aromatic carbocycles. The molecular formula is C26H34N4O3. The Morgan fingerprint density at radius 3 is 2.67 bits per heavy atom. The number of aromatic nitrogens is 2. The van der Waals surface area contributed by atoms with Gasteiger partial charge in [-0.05, 0) is 18.9 Å². The minimum absolute atomic E-state index is 0.192. The zero-order chi connectivity index (χ0) is 22.6. The largest absolute Gasteiger partial charge is 0.496 e. The van der Waals surface area contributed by atoms with E-state index < -0.39 is 0 Å². The van der Waals surface area contributed by atoms with Gasteiger partial charge in [0.05, 0.1) is 32.6 Å². The molecule has 5 rings (SSSR count). The average Bonchev–Trinajstić information content (AvgIpc) is 2.89. The third kappa shape index (κ3) is 4.83. The van der Waals surface area contributed by atoms with Gasteiger partial charge < -0.3 is 19.3 Å². The summed E-state index contributed by atoms with van der Waals surface area (Å²) in [6, 6.07) is 8.05. The topological polar surface area (TPSA) is 67.8 Å². The molecule has 7 nitrogen and oxygen atoms in total. The highest BCUT2D eigenvalue weighted by molar-refractivity contribution is 5.79. The molecule has 176 valence electrons. The minimum Gasteiger partial charge on any atom is -0.496 e. The molecule has 7 heteroatoms. The highest BCUT2D eigenvalue weighted by atomic mass is 16.5. The molecule has 33 heavy (non-hydrogen) atoms. The monoisotopic (exact) mass is 450 g/mol. The summed E-state index contributed by atoms with van der Waals surface area (Å²) in [4.78, 5) is 27.7. The molecule has 1 saturated carbocycles. The van der Waals surface area contributed by atoms with Crippen LogP contribution in [0, 0.1) is 5.92 Å². The van der Waals surface area contributed by atoms with Crippen molar-refractivity contribution in [3.05, 3.63) is 46.9 Å². The lowest BCUT2D eigenvalue weighted by atomic mass is 9.87. The average molecular weight is 451 g/mol. The third-order valence-electron chi connectivity index (χ3n) is 7.20. The Morgan fingerprint density at radius 1 is 1.09 bits per heavy atom. The van der Waals surface area contributed by atoms with Gasteiger partial charge in [0, 0.05) is 49.5 Å². The first-order valence-corrected chi connectivity index (χ1v) is 12.3. The fourth-order valence-electron chi connectivity index (χ4n) is 5.38. The summed E-state index contributed by atoms with van der Waals surface area (Å²) >= 11 is 0. The number of anilines is 1. The molecule has 3 aliphatic rings. The second kappa shape index (κ2) is 10.1. The number of nitrogens with zero attached hydrogens (tertiary/aromatic N) is 4. The Labute approximate surface area is 196 Å². The Bertz CT molecular complexity index is 983. The van der Waals surface area contributed by atoms with E-state index >= 15 is 0 Å². The number of hydrogen-bond acceptors (Lipinski definition) is 6. The van der Waals surface area contributed by atoms with Crippen molar-refractivity contribution in [1.82, 2.24) is 14.9 Å². The van der Waals surface area contributed by atoms with Gasteiger partial charge in [-0.3, -0.25) is 4.79 Å². The van der Waals surface area contributed by atoms with Crippen molar-refractivity contribution < 1.29 is 14.3 Å². The van der Waals surface area contributed by atoms with E-state index in [2.05, 4.69) is 15.9 Å². The number of methoxy groups -OCH3 is 1. The molecule has 0 radical (unpaired) electrons. The first-order chi connectivity index (χ1) is 16.2. The lowest BCUT2D eigenvalue weighted by Gasteiger charge is -2.36. The molecule has 2 aliphatic heterocycles. The summed E-state index contributed by atoms with van der Waals surface area (Å²) in [5, 5.41) is 0. The lowest BCUT2D eigenvalue weighted by molar-refractivity contribution is -0.137. The second-order valence-corrected chi connectivity index (χ2v) is 9.32. The lowest BCUT2D eigenvalue weighted by Crippen LogP contribution is -2.43. The number of carbonyl (C=O) groups is 1. The number of morpholine rings is 1. The summed E-state index contributed by atoms with van der Waals surface area (Å²) in [5.74, 6) is 3.17. The Morgan fingerprint density at radius 2 is 1.88 bits per heavy atom. The van der Waals surface area contributed by atoms with Crippen molar-refractivity contribution in [2.75, 3.05) is 44.9 Å². The molecule has 1 amide bonds. The maximum Gasteiger partial charge on any atom is 0.225 e. The summed E-state index contributed by atoms with van der Waals surface area (Å²) in [6.45, 7) is 4.39. The molecule has 0 unspecified atom stereocenters. The van der Waals surface area contributed by atoms with E-state index in [0.29, 0.717) is 32.1 Å². The van der Waals surface area contributed by atoms with Gasteiger partial charge in [0.25, 0.3) is 0 Å². The highest BCUT2D eigenvalue weighted by Crippen LogP contribution is 2.32. The van der Waals surface area contributed by atoms with E-state index in [9.17, 15) is 4.79 Å². The number of amides is 1. The van der Waals surface area contributed by atoms with Crippen LogP contribution in [-0.2, 0) is 28.9 Å². The summed E-state index contributed by atoms with van der Waals surface area (Å²) in [7, 11) is 1.70. The van der Waals surface area contributed by atoms with Gasteiger partial charge in [0.1, 0.15) is 17.4 Å². The van der Waals surface area contributed by atoms with E-state index in [4.69, 9.17) is 19.4 Å². The van der Waals surface area contributed by atoms with Crippen LogP contribution in [0.25, 0.3) is 0 Å². The number of benzene rings is 1. The van der Waals surface area contributed by atoms with Crippen molar-refractivity contribution in [2.24, 2.45) is 5.92 Å². The molecule has 1 aliphatic carbocycles. The summed E-state index contributed by atoms with van der Waals surface area (Å²) < 4.78 is 11.1. The van der Waals surface area contributed by atoms with E-state index in [1.54, 1.807) is 7.11 Å². The SMILES string of the molecule is COc1ccccc1Cc1nc2c(c(N3CCOCC3)n1)CN(C(=O)C1CCCCC1)CC2. The van der Waals surface area contributed by atoms with Crippen LogP contribution in [0.3, 0.4) is 0 Å².